The van der Waals surface area contributed by atoms with E-state index >= 15 is 0 Å². The molecule has 0 saturated heterocycles. The fraction of sp³-hybridized carbons (Fsp3) is 0.800. The molecule has 1 heteroatoms. The topological polar surface area (TPSA) is 26.0 Å². The highest BCUT2D eigenvalue weighted by molar-refractivity contribution is 4.88. The minimum Gasteiger partial charge on any atom is -0.330 e. The second-order valence-electron chi connectivity index (χ2n) is 3.54. The lowest BCUT2D eigenvalue weighted by Gasteiger charge is -2.04. The maximum atomic E-state index is 5.41. The molecule has 1 unspecified atom stereocenters. The van der Waals surface area contributed by atoms with Gasteiger partial charge in [-0.05, 0) is 31.2 Å². The van der Waals surface area contributed by atoms with E-state index in [1.165, 1.54) is 6.42 Å². The Morgan fingerprint density at radius 3 is 2.27 bits per heavy atom. The fourth-order valence-electron chi connectivity index (χ4n) is 0.948. The van der Waals surface area contributed by atoms with Gasteiger partial charge in [-0.1, -0.05) is 32.9 Å². The lowest BCUT2D eigenvalue weighted by molar-refractivity contribution is 0.608. The van der Waals surface area contributed by atoms with Crippen LogP contribution in [0.3, 0.4) is 0 Å². The molecule has 1 atom stereocenters. The van der Waals surface area contributed by atoms with E-state index in [0.717, 1.165) is 13.0 Å². The molecule has 0 aromatic heterocycles. The number of hydrogen-bond donors (Lipinski definition) is 1. The molecular formula is C10H21N. The Hall–Kier alpha value is -0.300. The van der Waals surface area contributed by atoms with E-state index in [2.05, 4.69) is 32.9 Å². The Bertz CT molecular complexity index is 105. The van der Waals surface area contributed by atoms with Gasteiger partial charge in [0, 0.05) is 0 Å². The maximum absolute atomic E-state index is 5.41. The van der Waals surface area contributed by atoms with Crippen LogP contribution >= 0.6 is 0 Å². The summed E-state index contributed by atoms with van der Waals surface area (Å²) in [5.74, 6) is 1.37. The third-order valence-corrected chi connectivity index (χ3v) is 1.69. The molecule has 0 bridgehead atoms. The highest BCUT2D eigenvalue weighted by atomic mass is 14.5. The highest BCUT2D eigenvalue weighted by Crippen LogP contribution is 2.07. The molecule has 0 aromatic rings. The van der Waals surface area contributed by atoms with Crippen molar-refractivity contribution in [2.24, 2.45) is 17.6 Å². The van der Waals surface area contributed by atoms with Crippen LogP contribution < -0.4 is 5.73 Å². The van der Waals surface area contributed by atoms with Crippen molar-refractivity contribution in [3.8, 4) is 0 Å². The van der Waals surface area contributed by atoms with E-state index in [4.69, 9.17) is 5.73 Å². The van der Waals surface area contributed by atoms with Crippen LogP contribution in [0.4, 0.5) is 0 Å². The van der Waals surface area contributed by atoms with E-state index < -0.39 is 0 Å². The lowest BCUT2D eigenvalue weighted by atomic mass is 10.0. The molecule has 0 rings (SSSR count). The minimum atomic E-state index is 0.676. The molecule has 0 aromatic carbocycles. The molecule has 0 aliphatic heterocycles. The first-order chi connectivity index (χ1) is 5.16. The van der Waals surface area contributed by atoms with Gasteiger partial charge in [0.1, 0.15) is 0 Å². The smallest absolute Gasteiger partial charge is 0.00771 e. The van der Waals surface area contributed by atoms with Gasteiger partial charge >= 0.3 is 0 Å². The van der Waals surface area contributed by atoms with E-state index in [9.17, 15) is 0 Å². The van der Waals surface area contributed by atoms with E-state index in [1.807, 2.05) is 0 Å². The summed E-state index contributed by atoms with van der Waals surface area (Å²) >= 11 is 0. The molecule has 0 spiro atoms. The summed E-state index contributed by atoms with van der Waals surface area (Å²) in [7, 11) is 0. The van der Waals surface area contributed by atoms with Crippen molar-refractivity contribution in [1.82, 2.24) is 0 Å². The van der Waals surface area contributed by atoms with Gasteiger partial charge in [-0.2, -0.15) is 0 Å². The largest absolute Gasteiger partial charge is 0.330 e. The van der Waals surface area contributed by atoms with Crippen molar-refractivity contribution in [2.45, 2.75) is 33.6 Å². The van der Waals surface area contributed by atoms with Crippen molar-refractivity contribution in [3.63, 3.8) is 0 Å². The first-order valence-corrected chi connectivity index (χ1v) is 4.55. The van der Waals surface area contributed by atoms with Crippen LogP contribution in [0.25, 0.3) is 0 Å². The van der Waals surface area contributed by atoms with Crippen molar-refractivity contribution >= 4 is 0 Å². The molecule has 0 heterocycles. The predicted molar refractivity (Wildman–Crippen MR) is 51.4 cm³/mol. The van der Waals surface area contributed by atoms with Crippen molar-refractivity contribution in [3.05, 3.63) is 12.2 Å². The first kappa shape index (κ1) is 10.7. The SMILES string of the molecule is CC(C)/C=C/C(C)CCCN. The lowest BCUT2D eigenvalue weighted by Crippen LogP contribution is -2.01. The molecule has 66 valence electrons. The van der Waals surface area contributed by atoms with Gasteiger partial charge in [0.2, 0.25) is 0 Å². The summed E-state index contributed by atoms with van der Waals surface area (Å²) in [6.45, 7) is 7.46. The third-order valence-electron chi connectivity index (χ3n) is 1.69. The van der Waals surface area contributed by atoms with Gasteiger partial charge in [0.15, 0.2) is 0 Å². The Morgan fingerprint density at radius 2 is 1.82 bits per heavy atom. The van der Waals surface area contributed by atoms with E-state index in [1.54, 1.807) is 0 Å². The molecule has 2 N–H and O–H groups in total. The van der Waals surface area contributed by atoms with Crippen molar-refractivity contribution in [2.75, 3.05) is 6.54 Å². The monoisotopic (exact) mass is 155 g/mol. The molecule has 0 amide bonds. The average molecular weight is 155 g/mol. The van der Waals surface area contributed by atoms with E-state index in [-0.39, 0.29) is 0 Å². The minimum absolute atomic E-state index is 0.676. The van der Waals surface area contributed by atoms with Crippen LogP contribution in [0.5, 0.6) is 0 Å². The van der Waals surface area contributed by atoms with Gasteiger partial charge in [0.05, 0.1) is 0 Å². The molecular weight excluding hydrogens is 134 g/mol. The van der Waals surface area contributed by atoms with Crippen LogP contribution in [-0.2, 0) is 0 Å². The second-order valence-corrected chi connectivity index (χ2v) is 3.54. The Balaban J connectivity index is 3.42. The fourth-order valence-corrected chi connectivity index (χ4v) is 0.948. The van der Waals surface area contributed by atoms with Crippen LogP contribution in [-0.4, -0.2) is 6.54 Å². The van der Waals surface area contributed by atoms with Crippen molar-refractivity contribution in [1.29, 1.82) is 0 Å². The Morgan fingerprint density at radius 1 is 1.18 bits per heavy atom. The summed E-state index contributed by atoms with van der Waals surface area (Å²) in [5, 5.41) is 0. The summed E-state index contributed by atoms with van der Waals surface area (Å²) in [4.78, 5) is 0. The molecule has 0 aliphatic carbocycles. The second kappa shape index (κ2) is 6.41. The number of hydrogen-bond acceptors (Lipinski definition) is 1. The van der Waals surface area contributed by atoms with E-state index in [0.29, 0.717) is 11.8 Å². The molecule has 0 radical (unpaired) electrons. The molecule has 0 fully saturated rings. The van der Waals surface area contributed by atoms with Gasteiger partial charge in [0.25, 0.3) is 0 Å². The zero-order valence-corrected chi connectivity index (χ0v) is 8.01. The number of allylic oxidation sites excluding steroid dienone is 2. The summed E-state index contributed by atoms with van der Waals surface area (Å²) in [5.41, 5.74) is 5.41. The van der Waals surface area contributed by atoms with Crippen LogP contribution in [0.15, 0.2) is 12.2 Å². The standard InChI is InChI=1S/C10H21N/c1-9(2)6-7-10(3)5-4-8-11/h6-7,9-10H,4-5,8,11H2,1-3H3/b7-6+. The van der Waals surface area contributed by atoms with Crippen molar-refractivity contribution < 1.29 is 0 Å². The molecule has 1 nitrogen and oxygen atoms in total. The normalized spacial score (nSPS) is 14.6. The van der Waals surface area contributed by atoms with Crippen LogP contribution in [0.2, 0.25) is 0 Å². The zero-order chi connectivity index (χ0) is 8.69. The predicted octanol–water partition coefficient (Wildman–Crippen LogP) is 2.57. The molecule has 0 saturated carbocycles. The van der Waals surface area contributed by atoms with Gasteiger partial charge in [-0.25, -0.2) is 0 Å². The number of nitrogens with two attached hydrogens (primary N) is 1. The molecule has 0 aliphatic rings. The Labute approximate surface area is 70.7 Å². The zero-order valence-electron chi connectivity index (χ0n) is 8.01. The number of rotatable bonds is 5. The average Bonchev–Trinajstić information content (AvgIpc) is 1.97. The quantitative estimate of drug-likeness (QED) is 0.607. The summed E-state index contributed by atoms with van der Waals surface area (Å²) < 4.78 is 0. The third kappa shape index (κ3) is 7.60. The summed E-state index contributed by atoms with van der Waals surface area (Å²) in [6.07, 6.45) is 6.92. The maximum Gasteiger partial charge on any atom is -0.00771 e. The van der Waals surface area contributed by atoms with Crippen LogP contribution in [0, 0.1) is 11.8 Å². The van der Waals surface area contributed by atoms with Crippen LogP contribution in [0.1, 0.15) is 33.6 Å². The van der Waals surface area contributed by atoms with Gasteiger partial charge in [-0.15, -0.1) is 0 Å². The summed E-state index contributed by atoms with van der Waals surface area (Å²) in [6, 6.07) is 0. The molecule has 11 heavy (non-hydrogen) atoms. The first-order valence-electron chi connectivity index (χ1n) is 4.55. The highest BCUT2D eigenvalue weighted by Gasteiger charge is 1.95. The van der Waals surface area contributed by atoms with Gasteiger partial charge in [-0.3, -0.25) is 0 Å². The Kier molecular flexibility index (Phi) is 6.24. The van der Waals surface area contributed by atoms with Gasteiger partial charge < -0.3 is 5.73 Å².